The maximum Gasteiger partial charge on any atom is 0.387 e. The zero-order valence-corrected chi connectivity index (χ0v) is 20.6. The molecule has 0 saturated carbocycles. The number of nitrogens with zero attached hydrogens (tertiary/aromatic N) is 3. The van der Waals surface area contributed by atoms with Crippen molar-refractivity contribution >= 4 is 46.4 Å². The van der Waals surface area contributed by atoms with Crippen molar-refractivity contribution in [1.82, 2.24) is 15.6 Å². The minimum Gasteiger partial charge on any atom is -0.490 e. The van der Waals surface area contributed by atoms with Crippen molar-refractivity contribution in [2.45, 2.75) is 33.5 Å². The average molecular weight is 555 g/mol. The fourth-order valence-corrected chi connectivity index (χ4v) is 3.20. The molecule has 1 aromatic carbocycles. The molecule has 11 heteroatoms. The van der Waals surface area contributed by atoms with Crippen LogP contribution in [0.15, 0.2) is 28.6 Å². The van der Waals surface area contributed by atoms with E-state index in [0.29, 0.717) is 31.2 Å². The summed E-state index contributed by atoms with van der Waals surface area (Å²) < 4.78 is 35.8. The lowest BCUT2D eigenvalue weighted by Crippen LogP contribution is -2.36. The number of nitrogens with one attached hydrogen (secondary N) is 2. The van der Waals surface area contributed by atoms with Gasteiger partial charge in [0.1, 0.15) is 0 Å². The number of rotatable bonds is 10. The summed E-state index contributed by atoms with van der Waals surface area (Å²) in [7, 11) is 3.88. The largest absolute Gasteiger partial charge is 0.490 e. The van der Waals surface area contributed by atoms with E-state index in [2.05, 4.69) is 20.6 Å². The van der Waals surface area contributed by atoms with Gasteiger partial charge in [0.05, 0.1) is 25.4 Å². The Morgan fingerprint density at radius 2 is 2.03 bits per heavy atom. The first-order valence-corrected chi connectivity index (χ1v) is 10.2. The van der Waals surface area contributed by atoms with Crippen LogP contribution in [0.4, 0.5) is 13.9 Å². The quantitative estimate of drug-likeness (QED) is 0.262. The van der Waals surface area contributed by atoms with Gasteiger partial charge in [-0.05, 0) is 19.9 Å². The van der Waals surface area contributed by atoms with Crippen LogP contribution < -0.4 is 25.0 Å². The summed E-state index contributed by atoms with van der Waals surface area (Å²) in [5.74, 6) is 0.841. The first kappa shape index (κ1) is 26.1. The molecule has 2 aromatic rings. The van der Waals surface area contributed by atoms with Crippen molar-refractivity contribution in [1.29, 1.82) is 0 Å². The van der Waals surface area contributed by atoms with Crippen LogP contribution in [0.3, 0.4) is 0 Å². The standard InChI is InChI=1S/C19H27F2N5O2S.HI/c1-5-22-18(24-11-14-12-29-19(25-14)26(3)4)23-10-13-8-7-9-15(27-6-2)16(13)28-17(20)21;/h7-9,12,17H,5-6,10-11H2,1-4H3,(H2,22,23,24);1H. The summed E-state index contributed by atoms with van der Waals surface area (Å²) in [5, 5.41) is 9.24. The van der Waals surface area contributed by atoms with Crippen molar-refractivity contribution in [3.8, 4) is 11.5 Å². The van der Waals surface area contributed by atoms with E-state index in [0.717, 1.165) is 10.8 Å². The smallest absolute Gasteiger partial charge is 0.387 e. The molecule has 0 fully saturated rings. The van der Waals surface area contributed by atoms with Crippen LogP contribution in [0, 0.1) is 0 Å². The molecule has 0 radical (unpaired) electrons. The highest BCUT2D eigenvalue weighted by Gasteiger charge is 2.15. The molecule has 0 aliphatic carbocycles. The Hall–Kier alpha value is -1.89. The lowest BCUT2D eigenvalue weighted by atomic mass is 10.2. The Kier molecular flexibility index (Phi) is 11.7. The molecule has 2 rings (SSSR count). The highest BCUT2D eigenvalue weighted by Crippen LogP contribution is 2.33. The van der Waals surface area contributed by atoms with Crippen LogP contribution in [0.5, 0.6) is 11.5 Å². The summed E-state index contributed by atoms with van der Waals surface area (Å²) in [6.45, 7) is 2.44. The molecule has 168 valence electrons. The topological polar surface area (TPSA) is 71.0 Å². The summed E-state index contributed by atoms with van der Waals surface area (Å²) >= 11 is 1.56. The number of halogens is 3. The van der Waals surface area contributed by atoms with Gasteiger partial charge in [0, 0.05) is 31.6 Å². The summed E-state index contributed by atoms with van der Waals surface area (Å²) in [5.41, 5.74) is 1.40. The van der Waals surface area contributed by atoms with E-state index in [1.165, 1.54) is 0 Å². The monoisotopic (exact) mass is 555 g/mol. The molecule has 0 bridgehead atoms. The molecule has 0 saturated heterocycles. The lowest BCUT2D eigenvalue weighted by molar-refractivity contribution is -0.0520. The van der Waals surface area contributed by atoms with Gasteiger partial charge in [0.2, 0.25) is 0 Å². The van der Waals surface area contributed by atoms with Gasteiger partial charge in [-0.1, -0.05) is 12.1 Å². The average Bonchev–Trinajstić information content (AvgIpc) is 3.15. The van der Waals surface area contributed by atoms with Gasteiger partial charge in [-0.2, -0.15) is 8.78 Å². The summed E-state index contributed by atoms with van der Waals surface area (Å²) in [4.78, 5) is 11.0. The fraction of sp³-hybridized carbons (Fsp3) is 0.474. The van der Waals surface area contributed by atoms with Gasteiger partial charge in [0.15, 0.2) is 22.6 Å². The third-order valence-corrected chi connectivity index (χ3v) is 4.74. The van der Waals surface area contributed by atoms with Gasteiger partial charge in [-0.15, -0.1) is 35.3 Å². The van der Waals surface area contributed by atoms with E-state index >= 15 is 0 Å². The molecule has 1 heterocycles. The molecule has 30 heavy (non-hydrogen) atoms. The number of guanidine groups is 1. The first-order valence-electron chi connectivity index (χ1n) is 9.28. The van der Waals surface area contributed by atoms with Crippen LogP contribution in [0.25, 0.3) is 0 Å². The zero-order valence-electron chi connectivity index (χ0n) is 17.4. The normalized spacial score (nSPS) is 11.1. The van der Waals surface area contributed by atoms with Gasteiger partial charge in [-0.25, -0.2) is 9.98 Å². The van der Waals surface area contributed by atoms with E-state index in [1.54, 1.807) is 36.5 Å². The van der Waals surface area contributed by atoms with Gasteiger partial charge >= 0.3 is 6.61 Å². The van der Waals surface area contributed by atoms with Crippen LogP contribution in [0.1, 0.15) is 25.1 Å². The molecule has 0 aliphatic heterocycles. The number of aromatic nitrogens is 1. The molecule has 0 atom stereocenters. The molecule has 2 N–H and O–H groups in total. The van der Waals surface area contributed by atoms with Gasteiger partial charge < -0.3 is 25.0 Å². The maximum atomic E-state index is 12.9. The van der Waals surface area contributed by atoms with E-state index < -0.39 is 6.61 Å². The Morgan fingerprint density at radius 3 is 2.63 bits per heavy atom. The Morgan fingerprint density at radius 1 is 1.27 bits per heavy atom. The predicted octanol–water partition coefficient (Wildman–Crippen LogP) is 4.08. The molecule has 1 aromatic heterocycles. The van der Waals surface area contributed by atoms with E-state index in [1.807, 2.05) is 31.3 Å². The second-order valence-corrected chi connectivity index (χ2v) is 6.96. The molecule has 0 spiro atoms. The van der Waals surface area contributed by atoms with Crippen LogP contribution >= 0.6 is 35.3 Å². The predicted molar refractivity (Wildman–Crippen MR) is 128 cm³/mol. The molecule has 0 unspecified atom stereocenters. The van der Waals surface area contributed by atoms with E-state index in [9.17, 15) is 8.78 Å². The number of benzene rings is 1. The number of ether oxygens (including phenoxy) is 2. The van der Waals surface area contributed by atoms with Crippen molar-refractivity contribution in [2.24, 2.45) is 4.99 Å². The fourth-order valence-electron chi connectivity index (χ4n) is 2.44. The number of anilines is 1. The molecular weight excluding hydrogens is 527 g/mol. The van der Waals surface area contributed by atoms with Crippen molar-refractivity contribution in [3.05, 3.63) is 34.8 Å². The minimum absolute atomic E-state index is 0. The Bertz CT molecular complexity index is 805. The number of alkyl halides is 2. The van der Waals surface area contributed by atoms with Crippen LogP contribution in [0.2, 0.25) is 0 Å². The SMILES string of the molecule is CCNC(=NCc1cccc(OCC)c1OC(F)F)NCc1csc(N(C)C)n1.I. The van der Waals surface area contributed by atoms with Gasteiger partial charge in [-0.3, -0.25) is 0 Å². The van der Waals surface area contributed by atoms with Crippen LogP contribution in [-0.4, -0.2) is 44.8 Å². The number of hydrogen-bond donors (Lipinski definition) is 2. The molecular formula is C19H28F2IN5O2S. The van der Waals surface area contributed by atoms with E-state index in [4.69, 9.17) is 9.47 Å². The lowest BCUT2D eigenvalue weighted by Gasteiger charge is -2.15. The number of thiazole rings is 1. The van der Waals surface area contributed by atoms with E-state index in [-0.39, 0.29) is 42.0 Å². The third kappa shape index (κ3) is 8.09. The van der Waals surface area contributed by atoms with Gasteiger partial charge in [0.25, 0.3) is 0 Å². The number of para-hydroxylation sites is 1. The molecule has 0 amide bonds. The zero-order chi connectivity index (χ0) is 21.2. The van der Waals surface area contributed by atoms with Crippen molar-refractivity contribution in [3.63, 3.8) is 0 Å². The highest BCUT2D eigenvalue weighted by molar-refractivity contribution is 14.0. The Labute approximate surface area is 196 Å². The second-order valence-electron chi connectivity index (χ2n) is 6.12. The number of aliphatic imine (C=N–C) groups is 1. The van der Waals surface area contributed by atoms with Crippen molar-refractivity contribution in [2.75, 3.05) is 32.1 Å². The summed E-state index contributed by atoms with van der Waals surface area (Å²) in [6, 6.07) is 5.02. The molecule has 7 nitrogen and oxygen atoms in total. The number of hydrogen-bond acceptors (Lipinski definition) is 6. The highest BCUT2D eigenvalue weighted by atomic mass is 127. The first-order chi connectivity index (χ1) is 13.9. The molecule has 0 aliphatic rings. The summed E-state index contributed by atoms with van der Waals surface area (Å²) in [6.07, 6.45) is 0. The third-order valence-electron chi connectivity index (χ3n) is 3.68. The van der Waals surface area contributed by atoms with Crippen LogP contribution in [-0.2, 0) is 13.1 Å². The van der Waals surface area contributed by atoms with Crippen molar-refractivity contribution < 1.29 is 18.3 Å². The minimum atomic E-state index is -2.94. The second kappa shape index (κ2) is 13.4. The maximum absolute atomic E-state index is 12.9. The Balaban J connectivity index is 0.00000450.